The highest BCUT2D eigenvalue weighted by Gasteiger charge is 2.19. The number of benzene rings is 4. The molecule has 1 heterocycles. The molecule has 0 saturated heterocycles. The van der Waals surface area contributed by atoms with E-state index in [2.05, 4.69) is 0 Å². The van der Waals surface area contributed by atoms with E-state index in [1.807, 2.05) is 84.9 Å². The Morgan fingerprint density at radius 2 is 0.864 bits per heavy atom. The minimum Gasteiger partial charge on any atom is -0.491 e. The Morgan fingerprint density at radius 3 is 1.23 bits per heavy atom. The van der Waals surface area contributed by atoms with Crippen LogP contribution in [0.15, 0.2) is 124 Å². The molecule has 4 aromatic carbocycles. The number of aromatic nitrogens is 3. The van der Waals surface area contributed by atoms with Crippen molar-refractivity contribution in [2.24, 2.45) is 7.05 Å². The zero-order valence-corrected chi connectivity index (χ0v) is 24.2. The van der Waals surface area contributed by atoms with Gasteiger partial charge in [-0.15, -0.1) is 0 Å². The van der Waals surface area contributed by atoms with E-state index in [1.54, 1.807) is 24.3 Å². The van der Waals surface area contributed by atoms with Crippen LogP contribution in [-0.4, -0.2) is 49.3 Å². The summed E-state index contributed by atoms with van der Waals surface area (Å²) in [5.74, 6) is 1.01. The molecule has 0 bridgehead atoms. The molecule has 10 heteroatoms. The van der Waals surface area contributed by atoms with Gasteiger partial charge in [0.25, 0.3) is 0 Å². The SMILES string of the molecule is Cn1c(=O)n(CC(O)COc2ccc(-c3ccccc3)cc2)c(=O)n(CC(O)COc2ccc(-c3ccccc3)cc2)c1=O. The maximum Gasteiger partial charge on any atom is 0.336 e. The summed E-state index contributed by atoms with van der Waals surface area (Å²) in [5, 5.41) is 21.2. The van der Waals surface area contributed by atoms with Crippen LogP contribution in [0.1, 0.15) is 0 Å². The van der Waals surface area contributed by atoms with Crippen molar-refractivity contribution >= 4 is 0 Å². The summed E-state index contributed by atoms with van der Waals surface area (Å²) in [4.78, 5) is 38.6. The average Bonchev–Trinajstić information content (AvgIpc) is 3.07. The summed E-state index contributed by atoms with van der Waals surface area (Å²) in [6.45, 7) is -1.21. The zero-order valence-electron chi connectivity index (χ0n) is 24.2. The van der Waals surface area contributed by atoms with Crippen LogP contribution < -0.4 is 26.5 Å². The van der Waals surface area contributed by atoms with Crippen LogP contribution >= 0.6 is 0 Å². The average molecular weight is 596 g/mol. The van der Waals surface area contributed by atoms with Crippen molar-refractivity contribution in [3.8, 4) is 33.8 Å². The van der Waals surface area contributed by atoms with Gasteiger partial charge in [-0.1, -0.05) is 84.9 Å². The van der Waals surface area contributed by atoms with Gasteiger partial charge >= 0.3 is 17.1 Å². The molecule has 0 spiro atoms. The molecule has 0 aliphatic rings. The van der Waals surface area contributed by atoms with Crippen molar-refractivity contribution in [1.29, 1.82) is 0 Å². The van der Waals surface area contributed by atoms with Crippen LogP contribution in [0.25, 0.3) is 22.3 Å². The summed E-state index contributed by atoms with van der Waals surface area (Å²) < 4.78 is 13.6. The summed E-state index contributed by atoms with van der Waals surface area (Å²) >= 11 is 0. The molecule has 5 rings (SSSR count). The number of ether oxygens (including phenoxy) is 2. The Bertz CT molecular complexity index is 1710. The fourth-order valence-corrected chi connectivity index (χ4v) is 4.73. The first-order valence-corrected chi connectivity index (χ1v) is 14.1. The van der Waals surface area contributed by atoms with Gasteiger partial charge in [-0.05, 0) is 46.5 Å². The van der Waals surface area contributed by atoms with E-state index < -0.39 is 42.4 Å². The van der Waals surface area contributed by atoms with Gasteiger partial charge in [0.2, 0.25) is 0 Å². The molecule has 0 radical (unpaired) electrons. The monoisotopic (exact) mass is 595 g/mol. The van der Waals surface area contributed by atoms with Crippen LogP contribution in [0, 0.1) is 0 Å². The smallest absolute Gasteiger partial charge is 0.336 e. The molecule has 0 saturated carbocycles. The largest absolute Gasteiger partial charge is 0.491 e. The predicted octanol–water partition coefficient (Wildman–Crippen LogP) is 2.92. The Morgan fingerprint density at radius 1 is 0.523 bits per heavy atom. The standard InChI is InChI=1S/C34H33N3O7/c1-35-32(40)36(20-28(38)22-43-30-16-12-26(13-17-30)24-8-4-2-5-9-24)34(42)37(33(35)41)21-29(39)23-44-31-18-14-27(15-19-31)25-10-6-3-7-11-25/h2-19,28-29,38-39H,20-23H2,1H3. The van der Waals surface area contributed by atoms with Crippen molar-refractivity contribution in [2.75, 3.05) is 13.2 Å². The third kappa shape index (κ3) is 7.23. The van der Waals surface area contributed by atoms with Gasteiger partial charge < -0.3 is 19.7 Å². The number of aliphatic hydroxyl groups excluding tert-OH is 2. The third-order valence-electron chi connectivity index (χ3n) is 7.09. The molecule has 226 valence electrons. The molecule has 5 aromatic rings. The van der Waals surface area contributed by atoms with Crippen molar-refractivity contribution in [3.05, 3.63) is 141 Å². The molecule has 0 fully saturated rings. The number of hydrogen-bond donors (Lipinski definition) is 2. The number of aliphatic hydroxyl groups is 2. The van der Waals surface area contributed by atoms with E-state index in [4.69, 9.17) is 9.47 Å². The van der Waals surface area contributed by atoms with Crippen LogP contribution in [0.4, 0.5) is 0 Å². The topological polar surface area (TPSA) is 125 Å². The Hall–Kier alpha value is -5.19. The Labute approximate surface area is 253 Å². The minimum atomic E-state index is -1.23. The van der Waals surface area contributed by atoms with E-state index in [9.17, 15) is 24.6 Å². The number of rotatable bonds is 12. The normalized spacial score (nSPS) is 12.4. The van der Waals surface area contributed by atoms with Gasteiger partial charge in [0.15, 0.2) is 0 Å². The van der Waals surface area contributed by atoms with E-state index in [0.29, 0.717) is 11.5 Å². The lowest BCUT2D eigenvalue weighted by molar-refractivity contribution is 0.0818. The maximum absolute atomic E-state index is 13.1. The second-order valence-electron chi connectivity index (χ2n) is 10.3. The summed E-state index contributed by atoms with van der Waals surface area (Å²) in [5.41, 5.74) is 1.40. The van der Waals surface area contributed by atoms with E-state index in [1.165, 1.54) is 7.05 Å². The quantitative estimate of drug-likeness (QED) is 0.227. The first-order chi connectivity index (χ1) is 21.3. The summed E-state index contributed by atoms with van der Waals surface area (Å²) in [6.07, 6.45) is -2.46. The van der Waals surface area contributed by atoms with Crippen LogP contribution in [0.2, 0.25) is 0 Å². The number of nitrogens with zero attached hydrogens (tertiary/aromatic N) is 3. The van der Waals surface area contributed by atoms with Crippen molar-refractivity contribution in [1.82, 2.24) is 13.7 Å². The lowest BCUT2D eigenvalue weighted by Gasteiger charge is -2.17. The molecule has 2 atom stereocenters. The minimum absolute atomic E-state index is 0.196. The third-order valence-corrected chi connectivity index (χ3v) is 7.09. The first-order valence-electron chi connectivity index (χ1n) is 14.1. The first kappa shape index (κ1) is 30.3. The van der Waals surface area contributed by atoms with Crippen molar-refractivity contribution in [3.63, 3.8) is 0 Å². The second kappa shape index (κ2) is 13.9. The van der Waals surface area contributed by atoms with E-state index in [0.717, 1.165) is 36.0 Å². The Balaban J connectivity index is 1.20. The second-order valence-corrected chi connectivity index (χ2v) is 10.3. The molecule has 2 N–H and O–H groups in total. The van der Waals surface area contributed by atoms with Gasteiger partial charge in [0.05, 0.1) is 13.1 Å². The van der Waals surface area contributed by atoms with E-state index >= 15 is 0 Å². The molecular formula is C34H33N3O7. The van der Waals surface area contributed by atoms with E-state index in [-0.39, 0.29) is 13.2 Å². The predicted molar refractivity (Wildman–Crippen MR) is 167 cm³/mol. The molecule has 0 amide bonds. The molecule has 1 aromatic heterocycles. The molecule has 2 unspecified atom stereocenters. The highest BCUT2D eigenvalue weighted by Crippen LogP contribution is 2.23. The summed E-state index contributed by atoms with van der Waals surface area (Å²) in [6, 6.07) is 34.3. The van der Waals surface area contributed by atoms with Crippen molar-refractivity contribution < 1.29 is 19.7 Å². The molecule has 10 nitrogen and oxygen atoms in total. The number of hydrogen-bond acceptors (Lipinski definition) is 7. The van der Waals surface area contributed by atoms with Crippen LogP contribution in [0.3, 0.4) is 0 Å². The molecule has 0 aliphatic heterocycles. The lowest BCUT2D eigenvalue weighted by atomic mass is 10.1. The maximum atomic E-state index is 13.1. The van der Waals surface area contributed by atoms with Gasteiger partial charge in [-0.3, -0.25) is 0 Å². The van der Waals surface area contributed by atoms with Crippen LogP contribution in [-0.2, 0) is 20.1 Å². The highest BCUT2D eigenvalue weighted by molar-refractivity contribution is 5.64. The van der Waals surface area contributed by atoms with Crippen LogP contribution in [0.5, 0.6) is 11.5 Å². The summed E-state index contributed by atoms with van der Waals surface area (Å²) in [7, 11) is 1.23. The highest BCUT2D eigenvalue weighted by atomic mass is 16.5. The van der Waals surface area contributed by atoms with Crippen molar-refractivity contribution in [2.45, 2.75) is 25.3 Å². The van der Waals surface area contributed by atoms with Gasteiger partial charge in [-0.25, -0.2) is 28.1 Å². The zero-order chi connectivity index (χ0) is 31.1. The fraction of sp³-hybridized carbons (Fsp3) is 0.206. The Kier molecular flexibility index (Phi) is 9.53. The molecule has 0 aliphatic carbocycles. The lowest BCUT2D eigenvalue weighted by Crippen LogP contribution is -2.56. The van der Waals surface area contributed by atoms with Gasteiger partial charge in [-0.2, -0.15) is 0 Å². The van der Waals surface area contributed by atoms with Gasteiger partial charge in [0.1, 0.15) is 36.9 Å². The molecule has 44 heavy (non-hydrogen) atoms. The van der Waals surface area contributed by atoms with Gasteiger partial charge in [0, 0.05) is 7.05 Å². The fourth-order valence-electron chi connectivity index (χ4n) is 4.73. The molecular weight excluding hydrogens is 562 g/mol.